The first-order valence-electron chi connectivity index (χ1n) is 7.22. The number of urea groups is 1. The van der Waals surface area contributed by atoms with Crippen molar-refractivity contribution in [2.45, 2.75) is 19.4 Å². The predicted molar refractivity (Wildman–Crippen MR) is 80.7 cm³/mol. The molecule has 0 aliphatic carbocycles. The Bertz CT molecular complexity index is 664. The van der Waals surface area contributed by atoms with Gasteiger partial charge in [0.05, 0.1) is 6.04 Å². The highest BCUT2D eigenvalue weighted by Crippen LogP contribution is 2.35. The molecule has 0 saturated carbocycles. The van der Waals surface area contributed by atoms with E-state index < -0.39 is 0 Å². The van der Waals surface area contributed by atoms with E-state index in [2.05, 4.69) is 22.2 Å². The lowest BCUT2D eigenvalue weighted by Gasteiger charge is -2.25. The maximum Gasteiger partial charge on any atom is 0.323 e. The second-order valence-electron chi connectivity index (χ2n) is 5.59. The van der Waals surface area contributed by atoms with Gasteiger partial charge in [0.25, 0.3) is 0 Å². The van der Waals surface area contributed by atoms with Crippen molar-refractivity contribution in [1.29, 1.82) is 0 Å². The van der Waals surface area contributed by atoms with E-state index >= 15 is 0 Å². The Morgan fingerprint density at radius 3 is 3.00 bits per heavy atom. The van der Waals surface area contributed by atoms with Crippen LogP contribution in [-0.4, -0.2) is 27.4 Å². The van der Waals surface area contributed by atoms with Crippen LogP contribution in [0.4, 0.5) is 15.0 Å². The number of benzene rings is 1. The number of nitrogens with zero attached hydrogens (tertiary/aromatic N) is 3. The van der Waals surface area contributed by atoms with E-state index in [1.54, 1.807) is 23.2 Å². The number of nitrogens with one attached hydrogen (secondary N) is 1. The van der Waals surface area contributed by atoms with Crippen LogP contribution in [0.3, 0.4) is 0 Å². The van der Waals surface area contributed by atoms with Gasteiger partial charge in [-0.15, -0.1) is 0 Å². The fourth-order valence-electron chi connectivity index (χ4n) is 2.85. The minimum Gasteiger partial charge on any atom is -0.317 e. The van der Waals surface area contributed by atoms with E-state index in [0.29, 0.717) is 18.3 Å². The summed E-state index contributed by atoms with van der Waals surface area (Å²) in [6.45, 7) is 2.72. The molecule has 1 aliphatic rings. The number of hydrogen-bond acceptors (Lipinski definition) is 3. The summed E-state index contributed by atoms with van der Waals surface area (Å²) in [5.74, 6) is 0.537. The van der Waals surface area contributed by atoms with Crippen LogP contribution in [0.25, 0.3) is 0 Å². The Morgan fingerprint density at radius 2 is 2.27 bits per heavy atom. The highest BCUT2D eigenvalue weighted by molar-refractivity contribution is 5.88. The van der Waals surface area contributed by atoms with Gasteiger partial charge in [0, 0.05) is 12.7 Å². The summed E-state index contributed by atoms with van der Waals surface area (Å²) in [4.78, 5) is 22.0. The van der Waals surface area contributed by atoms with Crippen molar-refractivity contribution >= 4 is 11.8 Å². The quantitative estimate of drug-likeness (QED) is 0.926. The Kier molecular flexibility index (Phi) is 4.00. The van der Waals surface area contributed by atoms with Gasteiger partial charge in [0.1, 0.15) is 18.0 Å². The molecule has 1 N–H and O–H groups in total. The van der Waals surface area contributed by atoms with Crippen molar-refractivity contribution in [3.05, 3.63) is 54.2 Å². The molecule has 0 bridgehead atoms. The number of hydrogen-bond donors (Lipinski definition) is 1. The second-order valence-corrected chi connectivity index (χ2v) is 5.59. The molecule has 2 amide bonds. The molecule has 0 radical (unpaired) electrons. The highest BCUT2D eigenvalue weighted by Gasteiger charge is 2.34. The van der Waals surface area contributed by atoms with Crippen LogP contribution in [-0.2, 0) is 0 Å². The molecule has 1 aromatic heterocycles. The van der Waals surface area contributed by atoms with Crippen LogP contribution in [0.15, 0.2) is 42.9 Å². The summed E-state index contributed by atoms with van der Waals surface area (Å²) >= 11 is 0. The Morgan fingerprint density at radius 1 is 1.41 bits per heavy atom. The van der Waals surface area contributed by atoms with Crippen molar-refractivity contribution in [1.82, 2.24) is 14.9 Å². The molecule has 0 unspecified atom stereocenters. The van der Waals surface area contributed by atoms with Crippen LogP contribution < -0.4 is 5.32 Å². The Hall–Kier alpha value is -2.50. The van der Waals surface area contributed by atoms with Gasteiger partial charge in [0.2, 0.25) is 0 Å². The predicted octanol–water partition coefficient (Wildman–Crippen LogP) is 3.23. The van der Waals surface area contributed by atoms with Gasteiger partial charge < -0.3 is 4.90 Å². The average molecular weight is 300 g/mol. The van der Waals surface area contributed by atoms with Gasteiger partial charge in [-0.3, -0.25) is 5.32 Å². The standard InChI is InChI=1S/C16H17FN4O/c1-11-7-14(12-3-2-4-13(17)8-12)21(9-11)16(22)20-15-5-6-18-10-19-15/h2-6,8,10-11,14H,7,9H2,1H3,(H,18,19,20,22)/t11-,14-/m0/s1. The fraction of sp³-hybridized carbons (Fsp3) is 0.312. The number of likely N-dealkylation sites (tertiary alicyclic amines) is 1. The number of anilines is 1. The van der Waals surface area contributed by atoms with E-state index in [1.807, 2.05) is 6.07 Å². The van der Waals surface area contributed by atoms with Gasteiger partial charge in [-0.25, -0.2) is 19.2 Å². The van der Waals surface area contributed by atoms with E-state index in [1.165, 1.54) is 18.5 Å². The summed E-state index contributed by atoms with van der Waals surface area (Å²) in [6, 6.07) is 7.73. The SMILES string of the molecule is C[C@H]1C[C@@H](c2cccc(F)c2)N(C(=O)Nc2ccncn2)C1. The zero-order chi connectivity index (χ0) is 15.5. The number of carbonyl (C=O) groups is 1. The smallest absolute Gasteiger partial charge is 0.317 e. The number of amides is 2. The van der Waals surface area contributed by atoms with E-state index in [9.17, 15) is 9.18 Å². The number of carbonyl (C=O) groups excluding carboxylic acids is 1. The van der Waals surface area contributed by atoms with Gasteiger partial charge in [0.15, 0.2) is 0 Å². The molecule has 2 heterocycles. The van der Waals surface area contributed by atoms with Gasteiger partial charge >= 0.3 is 6.03 Å². The average Bonchev–Trinajstić information content (AvgIpc) is 2.90. The number of aromatic nitrogens is 2. The molecule has 114 valence electrons. The van der Waals surface area contributed by atoms with Crippen molar-refractivity contribution in [2.24, 2.45) is 5.92 Å². The topological polar surface area (TPSA) is 58.1 Å². The van der Waals surface area contributed by atoms with Crippen LogP contribution >= 0.6 is 0 Å². The molecular formula is C16H17FN4O. The molecule has 1 aliphatic heterocycles. The van der Waals surface area contributed by atoms with E-state index in [0.717, 1.165) is 12.0 Å². The lowest BCUT2D eigenvalue weighted by atomic mass is 10.0. The summed E-state index contributed by atoms with van der Waals surface area (Å²) in [5, 5.41) is 2.76. The first-order chi connectivity index (χ1) is 10.6. The zero-order valence-corrected chi connectivity index (χ0v) is 12.2. The van der Waals surface area contributed by atoms with Crippen LogP contribution in [0.1, 0.15) is 24.9 Å². The van der Waals surface area contributed by atoms with Crippen LogP contribution in [0, 0.1) is 11.7 Å². The first kappa shape index (κ1) is 14.4. The number of halogens is 1. The van der Waals surface area contributed by atoms with Crippen molar-refractivity contribution < 1.29 is 9.18 Å². The summed E-state index contributed by atoms with van der Waals surface area (Å²) in [6.07, 6.45) is 3.77. The van der Waals surface area contributed by atoms with E-state index in [-0.39, 0.29) is 17.9 Å². The minimum absolute atomic E-state index is 0.118. The summed E-state index contributed by atoms with van der Waals surface area (Å²) in [5.41, 5.74) is 0.821. The van der Waals surface area contributed by atoms with E-state index in [4.69, 9.17) is 0 Å². The monoisotopic (exact) mass is 300 g/mol. The molecule has 1 aromatic carbocycles. The second kappa shape index (κ2) is 6.09. The maximum atomic E-state index is 13.5. The van der Waals surface area contributed by atoms with Crippen LogP contribution in [0.2, 0.25) is 0 Å². The van der Waals surface area contributed by atoms with Crippen molar-refractivity contribution in [3.63, 3.8) is 0 Å². The maximum absolute atomic E-state index is 13.5. The number of rotatable bonds is 2. The zero-order valence-electron chi connectivity index (χ0n) is 12.2. The molecule has 1 saturated heterocycles. The molecule has 3 rings (SSSR count). The molecule has 5 nitrogen and oxygen atoms in total. The minimum atomic E-state index is -0.284. The molecule has 2 atom stereocenters. The molecule has 1 fully saturated rings. The molecule has 6 heteroatoms. The molecule has 2 aromatic rings. The Labute approximate surface area is 128 Å². The van der Waals surface area contributed by atoms with Gasteiger partial charge in [-0.2, -0.15) is 0 Å². The molecule has 0 spiro atoms. The third-order valence-electron chi connectivity index (χ3n) is 3.82. The van der Waals surface area contributed by atoms with Crippen LogP contribution in [0.5, 0.6) is 0 Å². The summed E-state index contributed by atoms with van der Waals surface area (Å²) in [7, 11) is 0. The lowest BCUT2D eigenvalue weighted by molar-refractivity contribution is 0.206. The van der Waals surface area contributed by atoms with Crippen molar-refractivity contribution in [2.75, 3.05) is 11.9 Å². The highest BCUT2D eigenvalue weighted by atomic mass is 19.1. The molecule has 22 heavy (non-hydrogen) atoms. The fourth-order valence-corrected chi connectivity index (χ4v) is 2.85. The lowest BCUT2D eigenvalue weighted by Crippen LogP contribution is -2.35. The largest absolute Gasteiger partial charge is 0.323 e. The van der Waals surface area contributed by atoms with Gasteiger partial charge in [-0.1, -0.05) is 19.1 Å². The first-order valence-corrected chi connectivity index (χ1v) is 7.22. The van der Waals surface area contributed by atoms with Gasteiger partial charge in [-0.05, 0) is 36.1 Å². The third kappa shape index (κ3) is 3.05. The summed E-state index contributed by atoms with van der Waals surface area (Å²) < 4.78 is 13.5. The van der Waals surface area contributed by atoms with Crippen molar-refractivity contribution in [3.8, 4) is 0 Å². The normalized spacial score (nSPS) is 20.9. The molecular weight excluding hydrogens is 283 g/mol. The third-order valence-corrected chi connectivity index (χ3v) is 3.82. The Balaban J connectivity index is 1.80.